The van der Waals surface area contributed by atoms with E-state index in [0.29, 0.717) is 13.1 Å². The maximum Gasteiger partial charge on any atom is 0.410 e. The zero-order chi connectivity index (χ0) is 14.3. The third kappa shape index (κ3) is 6.25. The summed E-state index contributed by atoms with van der Waals surface area (Å²) in [6.45, 7) is 6.27. The van der Waals surface area contributed by atoms with Crippen molar-refractivity contribution in [3.8, 4) is 0 Å². The lowest BCUT2D eigenvalue weighted by Gasteiger charge is -2.27. The molecule has 0 unspecified atom stereocenters. The molecule has 0 spiro atoms. The summed E-state index contributed by atoms with van der Waals surface area (Å²) in [5.41, 5.74) is 0.645. The minimum Gasteiger partial charge on any atom is -0.444 e. The van der Waals surface area contributed by atoms with E-state index in [1.807, 2.05) is 51.1 Å². The van der Waals surface area contributed by atoms with Gasteiger partial charge in [0.15, 0.2) is 0 Å². The summed E-state index contributed by atoms with van der Waals surface area (Å²) in [6, 6.07) is 9.94. The molecule has 0 atom stereocenters. The summed E-state index contributed by atoms with van der Waals surface area (Å²) in [7, 11) is 0. The minimum absolute atomic E-state index is 0.0615. The van der Waals surface area contributed by atoms with Crippen LogP contribution in [-0.4, -0.2) is 41.4 Å². The normalized spacial score (nSPS) is 11.2. The first-order valence-electron chi connectivity index (χ1n) is 6.55. The predicted molar refractivity (Wildman–Crippen MR) is 75.0 cm³/mol. The fourth-order valence-electron chi connectivity index (χ4n) is 1.65. The molecule has 0 radical (unpaired) electrons. The second-order valence-electron chi connectivity index (χ2n) is 5.43. The van der Waals surface area contributed by atoms with Gasteiger partial charge in [0.1, 0.15) is 5.60 Å². The molecule has 0 aliphatic rings. The van der Waals surface area contributed by atoms with E-state index in [4.69, 9.17) is 9.84 Å². The number of benzene rings is 1. The molecule has 0 aromatic heterocycles. The van der Waals surface area contributed by atoms with Crippen molar-refractivity contribution in [2.24, 2.45) is 0 Å². The summed E-state index contributed by atoms with van der Waals surface area (Å²) in [5, 5.41) is 9.03. The fraction of sp³-hybridized carbons (Fsp3) is 0.533. The van der Waals surface area contributed by atoms with E-state index in [9.17, 15) is 4.79 Å². The predicted octanol–water partition coefficient (Wildman–Crippen LogP) is 2.46. The number of carbonyl (C=O) groups is 1. The highest BCUT2D eigenvalue weighted by molar-refractivity contribution is 5.68. The first kappa shape index (κ1) is 15.5. The molecule has 0 heterocycles. The molecule has 19 heavy (non-hydrogen) atoms. The van der Waals surface area contributed by atoms with Gasteiger partial charge in [0.25, 0.3) is 0 Å². The molecular formula is C15H23NO3. The van der Waals surface area contributed by atoms with Gasteiger partial charge >= 0.3 is 6.09 Å². The number of aliphatic hydroxyl groups is 1. The van der Waals surface area contributed by atoms with Gasteiger partial charge in [0.2, 0.25) is 0 Å². The first-order chi connectivity index (χ1) is 8.92. The Bertz CT molecular complexity index is 384. The number of hydrogen-bond donors (Lipinski definition) is 1. The van der Waals surface area contributed by atoms with Crippen molar-refractivity contribution in [1.82, 2.24) is 4.90 Å². The minimum atomic E-state index is -0.516. The summed E-state index contributed by atoms with van der Waals surface area (Å²) in [6.07, 6.45) is 0.373. The molecule has 1 rings (SSSR count). The van der Waals surface area contributed by atoms with Crippen molar-refractivity contribution in [2.45, 2.75) is 32.8 Å². The van der Waals surface area contributed by atoms with Crippen LogP contribution in [-0.2, 0) is 11.2 Å². The topological polar surface area (TPSA) is 49.8 Å². The van der Waals surface area contributed by atoms with Crippen LogP contribution in [0.3, 0.4) is 0 Å². The highest BCUT2D eigenvalue weighted by Crippen LogP contribution is 2.10. The number of nitrogens with zero attached hydrogens (tertiary/aromatic N) is 1. The highest BCUT2D eigenvalue weighted by Gasteiger charge is 2.21. The first-order valence-corrected chi connectivity index (χ1v) is 6.55. The van der Waals surface area contributed by atoms with Crippen LogP contribution in [0, 0.1) is 0 Å². The Morgan fingerprint density at radius 3 is 2.37 bits per heavy atom. The second-order valence-corrected chi connectivity index (χ2v) is 5.43. The highest BCUT2D eigenvalue weighted by atomic mass is 16.6. The third-order valence-corrected chi connectivity index (χ3v) is 2.53. The number of rotatable bonds is 5. The van der Waals surface area contributed by atoms with Crippen molar-refractivity contribution < 1.29 is 14.6 Å². The molecule has 4 heteroatoms. The van der Waals surface area contributed by atoms with E-state index in [1.54, 1.807) is 0 Å². The molecule has 0 saturated heterocycles. The molecule has 0 bridgehead atoms. The molecule has 1 aromatic carbocycles. The number of aliphatic hydroxyl groups excluding tert-OH is 1. The smallest absolute Gasteiger partial charge is 0.410 e. The second kappa shape index (κ2) is 7.14. The Hall–Kier alpha value is -1.55. The quantitative estimate of drug-likeness (QED) is 0.889. The van der Waals surface area contributed by atoms with Crippen molar-refractivity contribution in [2.75, 3.05) is 19.7 Å². The standard InChI is InChI=1S/C15H23NO3/c1-15(2,3)19-14(18)16(11-12-17)10-9-13-7-5-4-6-8-13/h4-8,17H,9-12H2,1-3H3. The van der Waals surface area contributed by atoms with E-state index in [-0.39, 0.29) is 12.7 Å². The third-order valence-electron chi connectivity index (χ3n) is 2.53. The van der Waals surface area contributed by atoms with Crippen molar-refractivity contribution >= 4 is 6.09 Å². The summed E-state index contributed by atoms with van der Waals surface area (Å²) in [4.78, 5) is 13.5. The van der Waals surface area contributed by atoms with Crippen molar-refractivity contribution in [1.29, 1.82) is 0 Å². The van der Waals surface area contributed by atoms with Crippen LogP contribution in [0.5, 0.6) is 0 Å². The molecule has 0 fully saturated rings. The molecular weight excluding hydrogens is 242 g/mol. The number of ether oxygens (including phenoxy) is 1. The molecule has 4 nitrogen and oxygen atoms in total. The Labute approximate surface area is 115 Å². The average Bonchev–Trinajstić information content (AvgIpc) is 2.33. The summed E-state index contributed by atoms with van der Waals surface area (Å²) in [5.74, 6) is 0. The number of amides is 1. The fourth-order valence-corrected chi connectivity index (χ4v) is 1.65. The van der Waals surface area contributed by atoms with E-state index >= 15 is 0 Å². The Balaban J connectivity index is 2.55. The molecule has 1 N–H and O–H groups in total. The molecule has 0 saturated carbocycles. The Morgan fingerprint density at radius 2 is 1.84 bits per heavy atom. The maximum absolute atomic E-state index is 12.0. The van der Waals surface area contributed by atoms with E-state index in [2.05, 4.69) is 0 Å². The zero-order valence-electron chi connectivity index (χ0n) is 11.9. The van der Waals surface area contributed by atoms with Crippen LogP contribution in [0.4, 0.5) is 4.79 Å². The zero-order valence-corrected chi connectivity index (χ0v) is 11.9. The van der Waals surface area contributed by atoms with Gasteiger partial charge < -0.3 is 14.7 Å². The van der Waals surface area contributed by atoms with Gasteiger partial charge in [-0.25, -0.2) is 4.79 Å². The summed E-state index contributed by atoms with van der Waals surface area (Å²) < 4.78 is 5.32. The van der Waals surface area contributed by atoms with Crippen LogP contribution in [0.15, 0.2) is 30.3 Å². The molecule has 1 aromatic rings. The molecule has 0 aliphatic carbocycles. The SMILES string of the molecule is CC(C)(C)OC(=O)N(CCO)CCc1ccccc1. The maximum atomic E-state index is 12.0. The van der Waals surface area contributed by atoms with Gasteiger partial charge in [-0.1, -0.05) is 30.3 Å². The lowest BCUT2D eigenvalue weighted by molar-refractivity contribution is 0.0221. The molecule has 1 amide bonds. The lowest BCUT2D eigenvalue weighted by Crippen LogP contribution is -2.39. The van der Waals surface area contributed by atoms with E-state index < -0.39 is 5.60 Å². The Morgan fingerprint density at radius 1 is 1.21 bits per heavy atom. The number of hydrogen-bond acceptors (Lipinski definition) is 3. The number of carbonyl (C=O) groups excluding carboxylic acids is 1. The lowest BCUT2D eigenvalue weighted by atomic mass is 10.1. The van der Waals surface area contributed by atoms with Crippen LogP contribution in [0.25, 0.3) is 0 Å². The van der Waals surface area contributed by atoms with E-state index in [1.165, 1.54) is 4.90 Å². The summed E-state index contributed by atoms with van der Waals surface area (Å²) >= 11 is 0. The van der Waals surface area contributed by atoms with Crippen molar-refractivity contribution in [3.63, 3.8) is 0 Å². The van der Waals surface area contributed by atoms with Crippen LogP contribution >= 0.6 is 0 Å². The van der Waals surface area contributed by atoms with Gasteiger partial charge in [-0.2, -0.15) is 0 Å². The van der Waals surface area contributed by atoms with Crippen LogP contribution in [0.1, 0.15) is 26.3 Å². The van der Waals surface area contributed by atoms with Gasteiger partial charge in [-0.15, -0.1) is 0 Å². The average molecular weight is 265 g/mol. The van der Waals surface area contributed by atoms with Gasteiger partial charge in [-0.3, -0.25) is 0 Å². The Kier molecular flexibility index (Phi) is 5.83. The van der Waals surface area contributed by atoms with Gasteiger partial charge in [0, 0.05) is 13.1 Å². The van der Waals surface area contributed by atoms with Gasteiger partial charge in [-0.05, 0) is 32.8 Å². The van der Waals surface area contributed by atoms with Crippen LogP contribution < -0.4 is 0 Å². The van der Waals surface area contributed by atoms with Gasteiger partial charge in [0.05, 0.1) is 6.61 Å². The van der Waals surface area contributed by atoms with Crippen molar-refractivity contribution in [3.05, 3.63) is 35.9 Å². The largest absolute Gasteiger partial charge is 0.444 e. The monoisotopic (exact) mass is 265 g/mol. The van der Waals surface area contributed by atoms with Crippen LogP contribution in [0.2, 0.25) is 0 Å². The van der Waals surface area contributed by atoms with E-state index in [0.717, 1.165) is 12.0 Å². The molecule has 0 aliphatic heterocycles. The molecule has 106 valence electrons.